The van der Waals surface area contributed by atoms with E-state index >= 15 is 0 Å². The molecule has 2 rings (SSSR count). The van der Waals surface area contributed by atoms with Gasteiger partial charge in [-0.2, -0.15) is 0 Å². The van der Waals surface area contributed by atoms with Gasteiger partial charge in [-0.05, 0) is 47.0 Å². The number of hydrogen-bond donors (Lipinski definition) is 1. The van der Waals surface area contributed by atoms with Crippen LogP contribution < -0.4 is 5.32 Å². The Morgan fingerprint density at radius 3 is 3.00 bits per heavy atom. The SMILES string of the molecule is CCNC(C1=COCCC1)c1cccc(Br)c1F. The second kappa shape index (κ2) is 6.34. The average molecular weight is 314 g/mol. The van der Waals surface area contributed by atoms with Crippen molar-refractivity contribution in [2.75, 3.05) is 13.2 Å². The molecule has 1 aromatic carbocycles. The van der Waals surface area contributed by atoms with Crippen LogP contribution in [-0.4, -0.2) is 13.2 Å². The quantitative estimate of drug-likeness (QED) is 0.909. The molecule has 1 aliphatic heterocycles. The molecule has 0 saturated carbocycles. The maximum atomic E-state index is 14.2. The predicted molar refractivity (Wildman–Crippen MR) is 73.8 cm³/mol. The van der Waals surface area contributed by atoms with Gasteiger partial charge in [-0.3, -0.25) is 0 Å². The number of ether oxygens (including phenoxy) is 1. The van der Waals surface area contributed by atoms with E-state index in [0.29, 0.717) is 10.0 Å². The summed E-state index contributed by atoms with van der Waals surface area (Å²) in [5.41, 5.74) is 1.78. The van der Waals surface area contributed by atoms with Crippen molar-refractivity contribution >= 4 is 15.9 Å². The molecular formula is C14H17BrFNO. The van der Waals surface area contributed by atoms with Crippen LogP contribution in [0, 0.1) is 5.82 Å². The minimum atomic E-state index is -0.199. The van der Waals surface area contributed by atoms with E-state index in [2.05, 4.69) is 21.2 Å². The van der Waals surface area contributed by atoms with Gasteiger partial charge in [-0.1, -0.05) is 19.1 Å². The third-order valence-electron chi connectivity index (χ3n) is 3.03. The minimum Gasteiger partial charge on any atom is -0.501 e. The van der Waals surface area contributed by atoms with Gasteiger partial charge in [0.15, 0.2) is 0 Å². The number of hydrogen-bond acceptors (Lipinski definition) is 2. The van der Waals surface area contributed by atoms with E-state index in [1.54, 1.807) is 12.3 Å². The van der Waals surface area contributed by atoms with Crippen LogP contribution in [0.25, 0.3) is 0 Å². The topological polar surface area (TPSA) is 21.3 Å². The van der Waals surface area contributed by atoms with Crippen LogP contribution in [0.4, 0.5) is 4.39 Å². The summed E-state index contributed by atoms with van der Waals surface area (Å²) in [6, 6.07) is 5.29. The molecule has 0 fully saturated rings. The van der Waals surface area contributed by atoms with E-state index in [1.165, 1.54) is 0 Å². The van der Waals surface area contributed by atoms with Crippen molar-refractivity contribution in [3.63, 3.8) is 0 Å². The van der Waals surface area contributed by atoms with Crippen molar-refractivity contribution in [2.45, 2.75) is 25.8 Å². The molecular weight excluding hydrogens is 297 g/mol. The number of likely N-dealkylation sites (N-methyl/N-ethyl adjacent to an activating group) is 1. The van der Waals surface area contributed by atoms with E-state index in [-0.39, 0.29) is 11.9 Å². The Labute approximate surface area is 115 Å². The average Bonchev–Trinajstić information content (AvgIpc) is 2.41. The van der Waals surface area contributed by atoms with Crippen LogP contribution in [0.2, 0.25) is 0 Å². The van der Waals surface area contributed by atoms with Crippen LogP contribution in [0.3, 0.4) is 0 Å². The molecule has 0 radical (unpaired) electrons. The number of benzene rings is 1. The highest BCUT2D eigenvalue weighted by molar-refractivity contribution is 9.10. The van der Waals surface area contributed by atoms with Crippen molar-refractivity contribution < 1.29 is 9.13 Å². The Hall–Kier alpha value is -0.870. The summed E-state index contributed by atoms with van der Waals surface area (Å²) in [4.78, 5) is 0. The van der Waals surface area contributed by atoms with E-state index in [9.17, 15) is 4.39 Å². The molecule has 0 aliphatic carbocycles. The molecule has 0 amide bonds. The van der Waals surface area contributed by atoms with Crippen molar-refractivity contribution in [2.24, 2.45) is 0 Å². The predicted octanol–water partition coefficient (Wildman–Crippen LogP) is 3.93. The summed E-state index contributed by atoms with van der Waals surface area (Å²) in [5.74, 6) is -0.199. The fourth-order valence-electron chi connectivity index (χ4n) is 2.19. The summed E-state index contributed by atoms with van der Waals surface area (Å²) < 4.78 is 20.0. The fourth-order valence-corrected chi connectivity index (χ4v) is 2.57. The van der Waals surface area contributed by atoms with Crippen molar-refractivity contribution in [1.82, 2.24) is 5.32 Å². The lowest BCUT2D eigenvalue weighted by atomic mass is 9.95. The molecule has 1 heterocycles. The molecule has 0 saturated heterocycles. The molecule has 1 aromatic rings. The van der Waals surface area contributed by atoms with E-state index in [4.69, 9.17) is 4.74 Å². The van der Waals surface area contributed by atoms with Gasteiger partial charge in [0.2, 0.25) is 0 Å². The molecule has 18 heavy (non-hydrogen) atoms. The van der Waals surface area contributed by atoms with Crippen molar-refractivity contribution in [3.05, 3.63) is 45.9 Å². The monoisotopic (exact) mass is 313 g/mol. The van der Waals surface area contributed by atoms with Crippen LogP contribution >= 0.6 is 15.9 Å². The molecule has 4 heteroatoms. The number of rotatable bonds is 4. The molecule has 0 aromatic heterocycles. The lowest BCUT2D eigenvalue weighted by molar-refractivity contribution is 0.219. The first-order valence-electron chi connectivity index (χ1n) is 6.22. The zero-order chi connectivity index (χ0) is 13.0. The van der Waals surface area contributed by atoms with Crippen molar-refractivity contribution in [1.29, 1.82) is 0 Å². The standard InChI is InChI=1S/C14H17BrFNO/c1-2-17-14(10-5-4-8-18-9-10)11-6-3-7-12(15)13(11)16/h3,6-7,9,14,17H,2,4-5,8H2,1H3. The van der Waals surface area contributed by atoms with Gasteiger partial charge in [-0.15, -0.1) is 0 Å². The zero-order valence-electron chi connectivity index (χ0n) is 10.4. The van der Waals surface area contributed by atoms with Crippen LogP contribution in [0.1, 0.15) is 31.4 Å². The Bertz CT molecular complexity index is 447. The lowest BCUT2D eigenvalue weighted by Gasteiger charge is -2.25. The molecule has 1 aliphatic rings. The van der Waals surface area contributed by atoms with Crippen LogP contribution in [-0.2, 0) is 4.74 Å². The van der Waals surface area contributed by atoms with Gasteiger partial charge in [0.25, 0.3) is 0 Å². The van der Waals surface area contributed by atoms with E-state index in [0.717, 1.165) is 31.6 Å². The largest absolute Gasteiger partial charge is 0.501 e. The molecule has 0 spiro atoms. The van der Waals surface area contributed by atoms with Gasteiger partial charge in [0.1, 0.15) is 5.82 Å². The number of nitrogens with one attached hydrogen (secondary N) is 1. The first kappa shape index (κ1) is 13.6. The summed E-state index contributed by atoms with van der Waals surface area (Å²) in [6.07, 6.45) is 3.71. The molecule has 98 valence electrons. The van der Waals surface area contributed by atoms with Crippen molar-refractivity contribution in [3.8, 4) is 0 Å². The molecule has 1 N–H and O–H groups in total. The third kappa shape index (κ3) is 2.93. The van der Waals surface area contributed by atoms with E-state index < -0.39 is 0 Å². The highest BCUT2D eigenvalue weighted by Gasteiger charge is 2.22. The summed E-state index contributed by atoms with van der Waals surface area (Å²) in [5, 5.41) is 3.33. The first-order chi connectivity index (χ1) is 8.74. The van der Waals surface area contributed by atoms with Gasteiger partial charge in [0, 0.05) is 5.56 Å². The Kier molecular flexibility index (Phi) is 4.78. The maximum Gasteiger partial charge on any atom is 0.142 e. The van der Waals surface area contributed by atoms with Crippen LogP contribution in [0.15, 0.2) is 34.5 Å². The summed E-state index contributed by atoms with van der Waals surface area (Å²) >= 11 is 3.24. The smallest absolute Gasteiger partial charge is 0.142 e. The van der Waals surface area contributed by atoms with E-state index in [1.807, 2.05) is 19.1 Å². The van der Waals surface area contributed by atoms with Gasteiger partial charge >= 0.3 is 0 Å². The molecule has 2 nitrogen and oxygen atoms in total. The van der Waals surface area contributed by atoms with Gasteiger partial charge in [-0.25, -0.2) is 4.39 Å². The molecule has 1 atom stereocenters. The summed E-state index contributed by atoms with van der Waals surface area (Å²) in [7, 11) is 0. The fraction of sp³-hybridized carbons (Fsp3) is 0.429. The highest BCUT2D eigenvalue weighted by atomic mass is 79.9. The second-order valence-corrected chi connectivity index (χ2v) is 5.16. The Balaban J connectivity index is 2.34. The highest BCUT2D eigenvalue weighted by Crippen LogP contribution is 2.31. The first-order valence-corrected chi connectivity index (χ1v) is 7.01. The third-order valence-corrected chi connectivity index (χ3v) is 3.65. The zero-order valence-corrected chi connectivity index (χ0v) is 12.0. The normalized spacial score (nSPS) is 16.9. The van der Waals surface area contributed by atoms with Crippen LogP contribution in [0.5, 0.6) is 0 Å². The summed E-state index contributed by atoms with van der Waals surface area (Å²) in [6.45, 7) is 3.56. The molecule has 1 unspecified atom stereocenters. The maximum absolute atomic E-state index is 14.2. The second-order valence-electron chi connectivity index (χ2n) is 4.30. The minimum absolute atomic E-state index is 0.104. The lowest BCUT2D eigenvalue weighted by Crippen LogP contribution is -2.25. The van der Waals surface area contributed by atoms with Gasteiger partial charge < -0.3 is 10.1 Å². The number of halogens is 2. The molecule has 0 bridgehead atoms. The van der Waals surface area contributed by atoms with Gasteiger partial charge in [0.05, 0.1) is 23.4 Å². The Morgan fingerprint density at radius 2 is 2.33 bits per heavy atom. The Morgan fingerprint density at radius 1 is 1.50 bits per heavy atom.